The van der Waals surface area contributed by atoms with Crippen LogP contribution in [-0.2, 0) is 14.3 Å². The minimum Gasteiger partial charge on any atom is -0.475 e. The highest BCUT2D eigenvalue weighted by Gasteiger charge is 2.28. The molecular formula is C15H20N4O5. The zero-order valence-corrected chi connectivity index (χ0v) is 13.4. The Morgan fingerprint density at radius 2 is 2.00 bits per heavy atom. The van der Waals surface area contributed by atoms with Crippen LogP contribution in [0.25, 0.3) is 0 Å². The first kappa shape index (κ1) is 17.7. The number of hydrogen-bond donors (Lipinski definition) is 2. The number of rotatable bonds is 8. The van der Waals surface area contributed by atoms with Gasteiger partial charge < -0.3 is 20.1 Å². The molecule has 9 nitrogen and oxygen atoms in total. The van der Waals surface area contributed by atoms with E-state index < -0.39 is 6.03 Å². The van der Waals surface area contributed by atoms with Crippen LogP contribution in [0.15, 0.2) is 18.3 Å². The molecule has 130 valence electrons. The van der Waals surface area contributed by atoms with Crippen LogP contribution in [0.5, 0.6) is 5.88 Å². The number of ether oxygens (including phenoxy) is 2. The molecule has 0 bridgehead atoms. The topological polar surface area (TPSA) is 110 Å². The summed E-state index contributed by atoms with van der Waals surface area (Å²) in [6.45, 7) is 1.22. The number of methoxy groups -OCH3 is 1. The summed E-state index contributed by atoms with van der Waals surface area (Å²) < 4.78 is 10.2. The number of carbonyl (C=O) groups is 3. The van der Waals surface area contributed by atoms with Crippen LogP contribution in [0.2, 0.25) is 0 Å². The summed E-state index contributed by atoms with van der Waals surface area (Å²) in [5, 5.41) is 5.19. The van der Waals surface area contributed by atoms with Crippen LogP contribution in [0, 0.1) is 0 Å². The molecule has 0 unspecified atom stereocenters. The largest absolute Gasteiger partial charge is 0.475 e. The molecule has 1 aliphatic heterocycles. The van der Waals surface area contributed by atoms with E-state index in [1.807, 2.05) is 0 Å². The van der Waals surface area contributed by atoms with Crippen molar-refractivity contribution >= 4 is 23.5 Å². The number of nitrogens with zero attached hydrogens (tertiary/aromatic N) is 2. The molecule has 1 saturated heterocycles. The van der Waals surface area contributed by atoms with Gasteiger partial charge in [-0.15, -0.1) is 0 Å². The quantitative estimate of drug-likeness (QED) is 0.524. The van der Waals surface area contributed by atoms with Crippen LogP contribution >= 0.6 is 0 Å². The molecule has 0 aromatic carbocycles. The smallest absolute Gasteiger partial charge is 0.319 e. The van der Waals surface area contributed by atoms with Gasteiger partial charge in [-0.1, -0.05) is 0 Å². The van der Waals surface area contributed by atoms with Crippen molar-refractivity contribution in [3.8, 4) is 5.88 Å². The first-order valence-electron chi connectivity index (χ1n) is 7.56. The molecule has 0 saturated carbocycles. The predicted octanol–water partition coefficient (Wildman–Crippen LogP) is 0.377. The summed E-state index contributed by atoms with van der Waals surface area (Å²) in [4.78, 5) is 39.8. The van der Waals surface area contributed by atoms with Gasteiger partial charge in [-0.25, -0.2) is 9.78 Å². The maximum absolute atomic E-state index is 11.8. The fraction of sp³-hybridized carbons (Fsp3) is 0.467. The second-order valence-electron chi connectivity index (χ2n) is 5.05. The second-order valence-corrected chi connectivity index (χ2v) is 5.05. The first-order chi connectivity index (χ1) is 11.6. The van der Waals surface area contributed by atoms with E-state index in [4.69, 9.17) is 9.47 Å². The third-order valence-corrected chi connectivity index (χ3v) is 3.31. The SMILES string of the molecule is COCCOc1ccc(NC(=O)NCCN2C(=O)CCC2=O)cn1. The van der Waals surface area contributed by atoms with Gasteiger partial charge >= 0.3 is 6.03 Å². The van der Waals surface area contributed by atoms with Crippen molar-refractivity contribution in [1.82, 2.24) is 15.2 Å². The van der Waals surface area contributed by atoms with Crippen molar-refractivity contribution in [3.05, 3.63) is 18.3 Å². The molecule has 2 N–H and O–H groups in total. The maximum atomic E-state index is 11.8. The third kappa shape index (κ3) is 5.20. The van der Waals surface area contributed by atoms with Crippen LogP contribution < -0.4 is 15.4 Å². The molecule has 0 atom stereocenters. The van der Waals surface area contributed by atoms with Gasteiger partial charge in [0.15, 0.2) is 0 Å². The Kier molecular flexibility index (Phi) is 6.50. The normalized spacial score (nSPS) is 14.0. The van der Waals surface area contributed by atoms with Crippen molar-refractivity contribution < 1.29 is 23.9 Å². The lowest BCUT2D eigenvalue weighted by Gasteiger charge is -2.14. The van der Waals surface area contributed by atoms with Gasteiger partial charge in [-0.05, 0) is 6.07 Å². The molecule has 1 aliphatic rings. The molecule has 2 rings (SSSR count). The fourth-order valence-electron chi connectivity index (χ4n) is 2.10. The van der Waals surface area contributed by atoms with E-state index in [1.54, 1.807) is 19.2 Å². The lowest BCUT2D eigenvalue weighted by Crippen LogP contribution is -2.39. The number of urea groups is 1. The Bertz CT molecular complexity index is 574. The summed E-state index contributed by atoms with van der Waals surface area (Å²) in [6.07, 6.45) is 1.96. The average Bonchev–Trinajstić information content (AvgIpc) is 2.88. The first-order valence-corrected chi connectivity index (χ1v) is 7.56. The number of imide groups is 1. The Balaban J connectivity index is 1.70. The summed E-state index contributed by atoms with van der Waals surface area (Å²) in [5.41, 5.74) is 0.500. The van der Waals surface area contributed by atoms with Crippen molar-refractivity contribution in [2.75, 3.05) is 38.7 Å². The van der Waals surface area contributed by atoms with Crippen molar-refractivity contribution in [2.45, 2.75) is 12.8 Å². The second kappa shape index (κ2) is 8.82. The highest BCUT2D eigenvalue weighted by atomic mass is 16.5. The monoisotopic (exact) mass is 336 g/mol. The molecule has 9 heteroatoms. The number of likely N-dealkylation sites (tertiary alicyclic amines) is 1. The number of anilines is 1. The molecule has 1 fully saturated rings. The maximum Gasteiger partial charge on any atom is 0.319 e. The number of carbonyl (C=O) groups excluding carboxylic acids is 3. The average molecular weight is 336 g/mol. The zero-order chi connectivity index (χ0) is 17.4. The summed E-state index contributed by atoms with van der Waals surface area (Å²) in [7, 11) is 1.58. The van der Waals surface area contributed by atoms with Gasteiger partial charge in [0, 0.05) is 39.1 Å². The number of hydrogen-bond acceptors (Lipinski definition) is 6. The molecule has 1 aromatic heterocycles. The van der Waals surface area contributed by atoms with Crippen LogP contribution in [0.1, 0.15) is 12.8 Å². The van der Waals surface area contributed by atoms with Crippen LogP contribution in [0.4, 0.5) is 10.5 Å². The van der Waals surface area contributed by atoms with E-state index in [9.17, 15) is 14.4 Å². The number of nitrogens with one attached hydrogen (secondary N) is 2. The standard InChI is InChI=1S/C15H20N4O5/c1-23-8-9-24-12-3-2-11(10-17-12)18-15(22)16-6-7-19-13(20)4-5-14(19)21/h2-3,10H,4-9H2,1H3,(H2,16,18,22). The third-order valence-electron chi connectivity index (χ3n) is 3.31. The molecular weight excluding hydrogens is 316 g/mol. The predicted molar refractivity (Wildman–Crippen MR) is 84.6 cm³/mol. The molecule has 4 amide bonds. The van der Waals surface area contributed by atoms with E-state index in [2.05, 4.69) is 15.6 Å². The lowest BCUT2D eigenvalue weighted by atomic mass is 10.4. The van der Waals surface area contributed by atoms with Gasteiger partial charge in [0.25, 0.3) is 0 Å². The number of pyridine rings is 1. The Morgan fingerprint density at radius 1 is 1.25 bits per heavy atom. The zero-order valence-electron chi connectivity index (χ0n) is 13.4. The van der Waals surface area contributed by atoms with E-state index in [0.29, 0.717) is 24.8 Å². The molecule has 0 radical (unpaired) electrons. The molecule has 0 aliphatic carbocycles. The van der Waals surface area contributed by atoms with Gasteiger partial charge in [0.05, 0.1) is 18.5 Å². The van der Waals surface area contributed by atoms with Gasteiger partial charge in [0.1, 0.15) is 6.61 Å². The van der Waals surface area contributed by atoms with E-state index in [1.165, 1.54) is 6.20 Å². The fourth-order valence-corrected chi connectivity index (χ4v) is 2.10. The van der Waals surface area contributed by atoms with Crippen LogP contribution in [-0.4, -0.2) is 61.1 Å². The number of aromatic nitrogens is 1. The molecule has 2 heterocycles. The summed E-state index contributed by atoms with van der Waals surface area (Å²) >= 11 is 0. The van der Waals surface area contributed by atoms with Crippen molar-refractivity contribution in [3.63, 3.8) is 0 Å². The molecule has 24 heavy (non-hydrogen) atoms. The summed E-state index contributed by atoms with van der Waals surface area (Å²) in [6, 6.07) is 2.85. The Labute approximate surface area is 139 Å². The van der Waals surface area contributed by atoms with Crippen molar-refractivity contribution in [2.24, 2.45) is 0 Å². The van der Waals surface area contributed by atoms with Crippen LogP contribution in [0.3, 0.4) is 0 Å². The van der Waals surface area contributed by atoms with Crippen molar-refractivity contribution in [1.29, 1.82) is 0 Å². The summed E-state index contributed by atoms with van der Waals surface area (Å²) in [5.74, 6) is 0.0370. The molecule has 0 spiro atoms. The lowest BCUT2D eigenvalue weighted by molar-refractivity contribution is -0.138. The highest BCUT2D eigenvalue weighted by molar-refractivity contribution is 6.02. The van der Waals surface area contributed by atoms with Gasteiger partial charge in [-0.3, -0.25) is 14.5 Å². The van der Waals surface area contributed by atoms with E-state index in [-0.39, 0.29) is 37.7 Å². The highest BCUT2D eigenvalue weighted by Crippen LogP contribution is 2.12. The molecule has 1 aromatic rings. The Morgan fingerprint density at radius 3 is 2.62 bits per heavy atom. The minimum absolute atomic E-state index is 0.176. The number of amides is 4. The van der Waals surface area contributed by atoms with E-state index in [0.717, 1.165) is 4.90 Å². The van der Waals surface area contributed by atoms with Gasteiger partial charge in [0.2, 0.25) is 17.7 Å². The Hall–Kier alpha value is -2.68. The minimum atomic E-state index is -0.441. The van der Waals surface area contributed by atoms with Gasteiger partial charge in [-0.2, -0.15) is 0 Å². The van der Waals surface area contributed by atoms with E-state index >= 15 is 0 Å².